The maximum atomic E-state index is 14.1. The van der Waals surface area contributed by atoms with Crippen LogP contribution in [0.3, 0.4) is 0 Å². The smallest absolute Gasteiger partial charge is 0.416 e. The van der Waals surface area contributed by atoms with Crippen molar-refractivity contribution in [2.45, 2.75) is 19.5 Å². The number of amides is 1. The van der Waals surface area contributed by atoms with Crippen molar-refractivity contribution in [2.24, 2.45) is 0 Å². The minimum Gasteiger partial charge on any atom is -0.453 e. The first-order chi connectivity index (χ1) is 13.6. The van der Waals surface area contributed by atoms with E-state index in [1.165, 1.54) is 30.4 Å². The molecule has 0 aromatic heterocycles. The van der Waals surface area contributed by atoms with E-state index in [9.17, 15) is 27.2 Å². The fourth-order valence-electron chi connectivity index (χ4n) is 2.64. The summed E-state index contributed by atoms with van der Waals surface area (Å²) in [4.78, 5) is 24.1. The van der Waals surface area contributed by atoms with Crippen molar-refractivity contribution in [3.8, 4) is 11.5 Å². The Morgan fingerprint density at radius 1 is 1.10 bits per heavy atom. The van der Waals surface area contributed by atoms with Gasteiger partial charge in [0.15, 0.2) is 17.3 Å². The third-order valence-electron chi connectivity index (χ3n) is 4.05. The highest BCUT2D eigenvalue weighted by Crippen LogP contribution is 2.35. The van der Waals surface area contributed by atoms with Gasteiger partial charge in [-0.05, 0) is 48.9 Å². The van der Waals surface area contributed by atoms with Gasteiger partial charge in [0.1, 0.15) is 5.75 Å². The van der Waals surface area contributed by atoms with Crippen LogP contribution in [0.25, 0.3) is 0 Å². The summed E-state index contributed by atoms with van der Waals surface area (Å²) < 4.78 is 58.8. The molecule has 0 aliphatic heterocycles. The fraction of sp³-hybridized carbons (Fsp3) is 0.143. The lowest BCUT2D eigenvalue weighted by Gasteiger charge is -2.15. The molecule has 150 valence electrons. The number of rotatable bonds is 4. The van der Waals surface area contributed by atoms with E-state index in [2.05, 4.69) is 5.32 Å². The van der Waals surface area contributed by atoms with Crippen LogP contribution in [0.2, 0.25) is 0 Å². The van der Waals surface area contributed by atoms with Crippen molar-refractivity contribution in [3.05, 3.63) is 82.8 Å². The number of halogens is 4. The quantitative estimate of drug-likeness (QED) is 0.721. The van der Waals surface area contributed by atoms with E-state index in [-0.39, 0.29) is 29.4 Å². The molecule has 2 aromatic rings. The Kier molecular flexibility index (Phi) is 5.54. The molecule has 4 nitrogen and oxygen atoms in total. The number of carbonyl (C=O) groups is 2. The van der Waals surface area contributed by atoms with Gasteiger partial charge in [-0.25, -0.2) is 4.39 Å². The van der Waals surface area contributed by atoms with E-state index < -0.39 is 29.0 Å². The summed E-state index contributed by atoms with van der Waals surface area (Å²) in [6.45, 7) is 1.66. The Balaban J connectivity index is 1.98. The Hall–Kier alpha value is -3.42. The van der Waals surface area contributed by atoms with Crippen LogP contribution in [0.15, 0.2) is 60.3 Å². The van der Waals surface area contributed by atoms with E-state index >= 15 is 0 Å². The van der Waals surface area contributed by atoms with E-state index in [0.717, 1.165) is 12.1 Å². The first-order valence-corrected chi connectivity index (χ1v) is 8.51. The van der Waals surface area contributed by atoms with E-state index in [0.29, 0.717) is 11.6 Å². The number of hydrogen-bond acceptors (Lipinski definition) is 3. The van der Waals surface area contributed by atoms with Crippen molar-refractivity contribution < 1.29 is 31.9 Å². The molecule has 0 radical (unpaired) electrons. The van der Waals surface area contributed by atoms with Gasteiger partial charge in [0, 0.05) is 18.2 Å². The monoisotopic (exact) mass is 405 g/mol. The van der Waals surface area contributed by atoms with Gasteiger partial charge in [-0.15, -0.1) is 0 Å². The Morgan fingerprint density at radius 3 is 2.48 bits per heavy atom. The molecule has 0 atom stereocenters. The van der Waals surface area contributed by atoms with Crippen LogP contribution in [0, 0.1) is 12.7 Å². The molecule has 0 unspecified atom stereocenters. The van der Waals surface area contributed by atoms with Crippen molar-refractivity contribution in [1.82, 2.24) is 5.32 Å². The van der Waals surface area contributed by atoms with Gasteiger partial charge in [-0.3, -0.25) is 9.59 Å². The van der Waals surface area contributed by atoms with E-state index in [1.807, 2.05) is 0 Å². The topological polar surface area (TPSA) is 55.4 Å². The number of ether oxygens (including phenoxy) is 1. The average Bonchev–Trinajstić information content (AvgIpc) is 2.63. The van der Waals surface area contributed by atoms with Crippen LogP contribution >= 0.6 is 0 Å². The molecule has 2 aromatic carbocycles. The van der Waals surface area contributed by atoms with Crippen LogP contribution in [-0.4, -0.2) is 11.7 Å². The molecule has 8 heteroatoms. The van der Waals surface area contributed by atoms with Crippen LogP contribution in [-0.2, 0) is 11.0 Å². The van der Waals surface area contributed by atoms with Crippen LogP contribution in [0.1, 0.15) is 27.9 Å². The molecule has 1 amide bonds. The normalized spacial score (nSPS) is 13.8. The average molecular weight is 405 g/mol. The fourth-order valence-corrected chi connectivity index (χ4v) is 2.64. The number of alkyl halides is 3. The van der Waals surface area contributed by atoms with Gasteiger partial charge in [-0.2, -0.15) is 13.2 Å². The van der Waals surface area contributed by atoms with Crippen LogP contribution < -0.4 is 10.1 Å². The van der Waals surface area contributed by atoms with Crippen molar-refractivity contribution in [1.29, 1.82) is 0 Å². The van der Waals surface area contributed by atoms with Crippen LogP contribution in [0.5, 0.6) is 11.5 Å². The van der Waals surface area contributed by atoms with Crippen molar-refractivity contribution >= 4 is 11.7 Å². The maximum Gasteiger partial charge on any atom is 0.416 e. The van der Waals surface area contributed by atoms with E-state index in [4.69, 9.17) is 4.74 Å². The number of carbonyl (C=O) groups excluding carboxylic acids is 2. The van der Waals surface area contributed by atoms with Gasteiger partial charge in [0.05, 0.1) is 11.1 Å². The lowest BCUT2D eigenvalue weighted by atomic mass is 10.1. The Morgan fingerprint density at radius 2 is 1.83 bits per heavy atom. The maximum absolute atomic E-state index is 14.1. The zero-order valence-corrected chi connectivity index (χ0v) is 15.1. The molecule has 1 aliphatic rings. The van der Waals surface area contributed by atoms with Crippen LogP contribution in [0.4, 0.5) is 17.6 Å². The first kappa shape index (κ1) is 20.3. The second-order valence-electron chi connectivity index (χ2n) is 6.37. The predicted molar refractivity (Wildman–Crippen MR) is 97.0 cm³/mol. The SMILES string of the molecule is Cc1ccc(Oc2ccc(C(F)(F)F)cc2C(=O)NC2=CC(=O)CC=C2)c(F)c1. The number of nitrogens with one attached hydrogen (secondary N) is 1. The third-order valence-corrected chi connectivity index (χ3v) is 4.05. The number of benzene rings is 2. The van der Waals surface area contributed by atoms with Gasteiger partial charge >= 0.3 is 6.18 Å². The molecular weight excluding hydrogens is 390 g/mol. The summed E-state index contributed by atoms with van der Waals surface area (Å²) in [5.74, 6) is -2.41. The molecule has 0 saturated heterocycles. The molecule has 0 bridgehead atoms. The molecule has 3 rings (SSSR count). The zero-order chi connectivity index (χ0) is 21.2. The summed E-state index contributed by atoms with van der Waals surface area (Å²) in [6.07, 6.45) is -0.366. The lowest BCUT2D eigenvalue weighted by molar-refractivity contribution is -0.137. The van der Waals surface area contributed by atoms with Gasteiger partial charge in [0.2, 0.25) is 0 Å². The summed E-state index contributed by atoms with van der Waals surface area (Å²) in [6, 6.07) is 6.38. The van der Waals surface area contributed by atoms with E-state index in [1.54, 1.807) is 13.0 Å². The first-order valence-electron chi connectivity index (χ1n) is 8.51. The molecule has 1 aliphatic carbocycles. The second kappa shape index (κ2) is 7.90. The molecule has 1 N–H and O–H groups in total. The number of allylic oxidation sites excluding steroid dienone is 3. The standard InChI is InChI=1S/C21H15F4NO3/c1-12-5-7-19(17(22)9-12)29-18-8-6-13(21(23,24)25)10-16(18)20(28)26-14-3-2-4-15(27)11-14/h2-3,5-11H,4H2,1H3,(H,26,28). The summed E-state index contributed by atoms with van der Waals surface area (Å²) in [5, 5.41) is 2.37. The van der Waals surface area contributed by atoms with Crippen molar-refractivity contribution in [2.75, 3.05) is 0 Å². The molecule has 29 heavy (non-hydrogen) atoms. The highest BCUT2D eigenvalue weighted by molar-refractivity contribution is 6.00. The summed E-state index contributed by atoms with van der Waals surface area (Å²) in [5.41, 5.74) is -0.757. The zero-order valence-electron chi connectivity index (χ0n) is 15.1. The summed E-state index contributed by atoms with van der Waals surface area (Å²) >= 11 is 0. The lowest BCUT2D eigenvalue weighted by Crippen LogP contribution is -2.24. The summed E-state index contributed by atoms with van der Waals surface area (Å²) in [7, 11) is 0. The molecule has 0 saturated carbocycles. The molecule has 0 spiro atoms. The number of hydrogen-bond donors (Lipinski definition) is 1. The largest absolute Gasteiger partial charge is 0.453 e. The molecule has 0 heterocycles. The minimum atomic E-state index is -4.69. The number of aryl methyl sites for hydroxylation is 1. The Labute approximate surface area is 163 Å². The highest BCUT2D eigenvalue weighted by atomic mass is 19.4. The van der Waals surface area contributed by atoms with Gasteiger partial charge < -0.3 is 10.1 Å². The van der Waals surface area contributed by atoms with Gasteiger partial charge in [-0.1, -0.05) is 12.1 Å². The second-order valence-corrected chi connectivity index (χ2v) is 6.37. The number of ketones is 1. The highest BCUT2D eigenvalue weighted by Gasteiger charge is 2.32. The van der Waals surface area contributed by atoms with Crippen molar-refractivity contribution in [3.63, 3.8) is 0 Å². The molecular formula is C21H15F4NO3. The predicted octanol–water partition coefficient (Wildman–Crippen LogP) is 5.09. The minimum absolute atomic E-state index is 0.135. The third kappa shape index (κ3) is 4.90. The molecule has 0 fully saturated rings. The van der Waals surface area contributed by atoms with Gasteiger partial charge in [0.25, 0.3) is 5.91 Å². The Bertz CT molecular complexity index is 1040.